The molecule has 1 aliphatic rings. The molecule has 0 bridgehead atoms. The van der Waals surface area contributed by atoms with Crippen molar-refractivity contribution in [1.82, 2.24) is 0 Å². The van der Waals surface area contributed by atoms with Crippen LogP contribution in [0.4, 0.5) is 0 Å². The summed E-state index contributed by atoms with van der Waals surface area (Å²) in [5.41, 5.74) is 1.67. The third kappa shape index (κ3) is 1.56. The second-order valence-corrected chi connectivity index (χ2v) is 2.14. The van der Waals surface area contributed by atoms with Crippen molar-refractivity contribution < 1.29 is 0 Å². The van der Waals surface area contributed by atoms with Crippen LogP contribution in [0.3, 0.4) is 0 Å². The lowest BCUT2D eigenvalue weighted by Gasteiger charge is -1.82. The van der Waals surface area contributed by atoms with Crippen molar-refractivity contribution in [3.05, 3.63) is 23.9 Å². The molecule has 0 unspecified atom stereocenters. The third-order valence-electron chi connectivity index (χ3n) is 1.26. The van der Waals surface area contributed by atoms with E-state index in [9.17, 15) is 0 Å². The van der Waals surface area contributed by atoms with E-state index in [1.165, 1.54) is 0 Å². The van der Waals surface area contributed by atoms with Crippen molar-refractivity contribution in [2.75, 3.05) is 0 Å². The van der Waals surface area contributed by atoms with E-state index in [4.69, 9.17) is 5.26 Å². The Bertz CT molecular complexity index is 251. The van der Waals surface area contributed by atoms with E-state index >= 15 is 0 Å². The van der Waals surface area contributed by atoms with E-state index < -0.39 is 0 Å². The highest BCUT2D eigenvalue weighted by atomic mass is 14.7. The number of aliphatic imine (C=N–C) groups is 1. The Morgan fingerprint density at radius 2 is 2.50 bits per heavy atom. The average Bonchev–Trinajstić information content (AvgIpc) is 2.14. The van der Waals surface area contributed by atoms with Gasteiger partial charge >= 0.3 is 0 Å². The molecule has 0 amide bonds. The summed E-state index contributed by atoms with van der Waals surface area (Å²) < 4.78 is 0. The molecule has 50 valence electrons. The molecule has 0 aromatic heterocycles. The Kier molecular flexibility index (Phi) is 2.01. The average molecular weight is 132 g/mol. The minimum Gasteiger partial charge on any atom is -0.261 e. The quantitative estimate of drug-likeness (QED) is 0.495. The molecule has 0 aromatic carbocycles. The lowest BCUT2D eigenvalue weighted by atomic mass is 10.2. The van der Waals surface area contributed by atoms with Crippen LogP contribution >= 0.6 is 0 Å². The van der Waals surface area contributed by atoms with Gasteiger partial charge in [0.25, 0.3) is 0 Å². The van der Waals surface area contributed by atoms with Gasteiger partial charge in [0.05, 0.1) is 11.6 Å². The Balaban J connectivity index is 2.86. The van der Waals surface area contributed by atoms with E-state index in [1.54, 1.807) is 6.20 Å². The lowest BCUT2D eigenvalue weighted by Crippen LogP contribution is -1.78. The van der Waals surface area contributed by atoms with Gasteiger partial charge in [-0.15, -0.1) is 0 Å². The second kappa shape index (κ2) is 2.98. The Labute approximate surface area is 60.2 Å². The Morgan fingerprint density at radius 3 is 3.20 bits per heavy atom. The van der Waals surface area contributed by atoms with E-state index in [0.717, 1.165) is 5.71 Å². The van der Waals surface area contributed by atoms with Crippen molar-refractivity contribution in [2.24, 2.45) is 4.99 Å². The molecule has 0 saturated heterocycles. The molecule has 1 aliphatic heterocycles. The monoisotopic (exact) mass is 132 g/mol. The maximum atomic E-state index is 8.48. The molecule has 0 aliphatic carbocycles. The molecule has 0 fully saturated rings. The molecule has 0 atom stereocenters. The summed E-state index contributed by atoms with van der Waals surface area (Å²) in [6, 6.07) is 2.07. The molecule has 1 rings (SSSR count). The first-order chi connectivity index (χ1) is 4.83. The summed E-state index contributed by atoms with van der Waals surface area (Å²) in [6.45, 7) is 1.91. The first kappa shape index (κ1) is 6.76. The largest absolute Gasteiger partial charge is 0.261 e. The number of nitriles is 1. The summed E-state index contributed by atoms with van der Waals surface area (Å²) >= 11 is 0. The van der Waals surface area contributed by atoms with Crippen LogP contribution in [0.2, 0.25) is 0 Å². The van der Waals surface area contributed by atoms with Crippen LogP contribution in [0.25, 0.3) is 0 Å². The molecule has 2 heteroatoms. The molecular weight excluding hydrogens is 124 g/mol. The number of rotatable bonds is 0. The number of nitrogens with zero attached hydrogens (tertiary/aromatic N) is 2. The van der Waals surface area contributed by atoms with Gasteiger partial charge in [0.15, 0.2) is 0 Å². The molecule has 1 heterocycles. The number of allylic oxidation sites excluding steroid dienone is 3. The maximum Gasteiger partial charge on any atom is 0.0966 e. The summed E-state index contributed by atoms with van der Waals surface area (Å²) in [6.07, 6.45) is 6.19. The van der Waals surface area contributed by atoms with Crippen LogP contribution in [0.15, 0.2) is 28.9 Å². The molecule has 0 aromatic rings. The van der Waals surface area contributed by atoms with Crippen LogP contribution in [0.1, 0.15) is 13.3 Å². The Morgan fingerprint density at radius 1 is 1.70 bits per heavy atom. The van der Waals surface area contributed by atoms with Gasteiger partial charge in [-0.05, 0) is 13.0 Å². The first-order valence-corrected chi connectivity index (χ1v) is 3.13. The zero-order valence-electron chi connectivity index (χ0n) is 5.83. The highest BCUT2D eigenvalue weighted by Crippen LogP contribution is 2.04. The van der Waals surface area contributed by atoms with Gasteiger partial charge < -0.3 is 0 Å². The van der Waals surface area contributed by atoms with Crippen molar-refractivity contribution in [3.8, 4) is 6.07 Å². The molecule has 0 radical (unpaired) electrons. The van der Waals surface area contributed by atoms with E-state index in [0.29, 0.717) is 12.0 Å². The van der Waals surface area contributed by atoms with Gasteiger partial charge in [0.2, 0.25) is 0 Å². The van der Waals surface area contributed by atoms with Crippen LogP contribution in [-0.4, -0.2) is 5.71 Å². The Hall–Kier alpha value is -1.36. The predicted octanol–water partition coefficient (Wildman–Crippen LogP) is 1.81. The normalized spacial score (nSPS) is 16.8. The number of hydrogen-bond donors (Lipinski definition) is 0. The van der Waals surface area contributed by atoms with Gasteiger partial charge in [-0.1, -0.05) is 6.08 Å². The lowest BCUT2D eigenvalue weighted by molar-refractivity contribution is 1.27. The van der Waals surface area contributed by atoms with Gasteiger partial charge in [-0.2, -0.15) is 5.26 Å². The zero-order valence-corrected chi connectivity index (χ0v) is 5.83. The molecular formula is C8H8N2. The fourth-order valence-electron chi connectivity index (χ4n) is 0.706. The van der Waals surface area contributed by atoms with Gasteiger partial charge in [-0.25, -0.2) is 0 Å². The summed E-state index contributed by atoms with van der Waals surface area (Å²) in [5, 5.41) is 8.48. The van der Waals surface area contributed by atoms with Gasteiger partial charge in [0, 0.05) is 18.3 Å². The van der Waals surface area contributed by atoms with E-state index in [1.807, 2.05) is 19.1 Å². The topological polar surface area (TPSA) is 36.1 Å². The molecule has 0 saturated carbocycles. The van der Waals surface area contributed by atoms with E-state index in [-0.39, 0.29) is 0 Å². The van der Waals surface area contributed by atoms with Crippen LogP contribution in [0, 0.1) is 11.3 Å². The predicted molar refractivity (Wildman–Crippen MR) is 40.6 cm³/mol. The van der Waals surface area contributed by atoms with Crippen molar-refractivity contribution in [1.29, 1.82) is 5.26 Å². The standard InChI is InChI=1S/C8H8N2/c1-7-3-2-4-8(5-9)6-10-7/h2-3,6H,4H2,1H3. The van der Waals surface area contributed by atoms with Gasteiger partial charge in [-0.3, -0.25) is 4.99 Å². The smallest absolute Gasteiger partial charge is 0.0966 e. The first-order valence-electron chi connectivity index (χ1n) is 3.13. The number of hydrogen-bond acceptors (Lipinski definition) is 2. The third-order valence-corrected chi connectivity index (χ3v) is 1.26. The summed E-state index contributed by atoms with van der Waals surface area (Å²) in [4.78, 5) is 4.02. The minimum atomic E-state index is 0.706. The molecule has 2 nitrogen and oxygen atoms in total. The summed E-state index contributed by atoms with van der Waals surface area (Å²) in [5.74, 6) is 0. The van der Waals surface area contributed by atoms with Crippen molar-refractivity contribution in [3.63, 3.8) is 0 Å². The molecule has 0 spiro atoms. The molecule has 0 N–H and O–H groups in total. The van der Waals surface area contributed by atoms with Crippen LogP contribution in [0.5, 0.6) is 0 Å². The SMILES string of the molecule is CC1=NC=C(C#N)CC=C1. The highest BCUT2D eigenvalue weighted by molar-refractivity contribution is 5.93. The second-order valence-electron chi connectivity index (χ2n) is 2.14. The fourth-order valence-corrected chi connectivity index (χ4v) is 0.706. The van der Waals surface area contributed by atoms with Gasteiger partial charge in [0.1, 0.15) is 0 Å². The van der Waals surface area contributed by atoms with Crippen LogP contribution < -0.4 is 0 Å². The maximum absolute atomic E-state index is 8.48. The van der Waals surface area contributed by atoms with E-state index in [2.05, 4.69) is 11.1 Å². The van der Waals surface area contributed by atoms with Crippen LogP contribution in [-0.2, 0) is 0 Å². The summed E-state index contributed by atoms with van der Waals surface area (Å²) in [7, 11) is 0. The fraction of sp³-hybridized carbons (Fsp3) is 0.250. The van der Waals surface area contributed by atoms with Crippen molar-refractivity contribution in [2.45, 2.75) is 13.3 Å². The van der Waals surface area contributed by atoms with Crippen molar-refractivity contribution >= 4 is 5.71 Å². The zero-order chi connectivity index (χ0) is 7.40. The highest BCUT2D eigenvalue weighted by Gasteiger charge is 1.94. The minimum absolute atomic E-state index is 0.706. The molecule has 10 heavy (non-hydrogen) atoms.